The van der Waals surface area contributed by atoms with Gasteiger partial charge >= 0.3 is 27.5 Å². The Hall–Kier alpha value is 1.10. The van der Waals surface area contributed by atoms with Crippen LogP contribution in [0.4, 0.5) is 0 Å². The average Bonchev–Trinajstić information content (AvgIpc) is 1.00. The van der Waals surface area contributed by atoms with Crippen LogP contribution in [0.2, 0.25) is 0 Å². The molecule has 0 unspecified atom stereocenters. The van der Waals surface area contributed by atoms with Crippen molar-refractivity contribution in [1.29, 1.82) is 0 Å². The minimum absolute atomic E-state index is 0. The van der Waals surface area contributed by atoms with Gasteiger partial charge in [0.15, 0.2) is 0 Å². The van der Waals surface area contributed by atoms with E-state index < -0.39 is 0 Å². The first kappa shape index (κ1) is 135. The number of hydrogen-bond acceptors (Lipinski definition) is 1. The minimum atomic E-state index is 0. The van der Waals surface area contributed by atoms with Gasteiger partial charge < -0.3 is 46.7 Å². The SMILES string of the molecule is O.O.O.O.[Cl-].[Cl-].[O]=[Zr+2]. The molecule has 0 saturated carbocycles. The molecule has 0 atom stereocenters. The van der Waals surface area contributed by atoms with E-state index in [4.69, 9.17) is 2.81 Å². The quantitative estimate of drug-likeness (QED) is 0.413. The molecule has 0 aromatic rings. The van der Waals surface area contributed by atoms with Crippen molar-refractivity contribution in [3.05, 3.63) is 0 Å². The van der Waals surface area contributed by atoms with Crippen LogP contribution in [0, 0.1) is 0 Å². The third-order valence-corrected chi connectivity index (χ3v) is 0. The molecule has 0 aliphatic carbocycles. The van der Waals surface area contributed by atoms with Gasteiger partial charge in [0.25, 0.3) is 0 Å². The summed E-state index contributed by atoms with van der Waals surface area (Å²) in [5.74, 6) is 0. The summed E-state index contributed by atoms with van der Waals surface area (Å²) in [6.07, 6.45) is 0. The van der Waals surface area contributed by atoms with Crippen LogP contribution in [0.3, 0.4) is 0 Å². The summed E-state index contributed by atoms with van der Waals surface area (Å²) in [6.45, 7) is 0. The van der Waals surface area contributed by atoms with Gasteiger partial charge in [-0.25, -0.2) is 0 Å². The molecular formula is H8Cl2O5Zr. The molecule has 0 spiro atoms. The maximum absolute atomic E-state index is 8.34. The van der Waals surface area contributed by atoms with E-state index in [0.29, 0.717) is 24.7 Å². The van der Waals surface area contributed by atoms with E-state index in [-0.39, 0.29) is 46.7 Å². The second-order valence-corrected chi connectivity index (χ2v) is 0. The van der Waals surface area contributed by atoms with Gasteiger partial charge in [-0.2, -0.15) is 0 Å². The molecule has 0 bridgehead atoms. The van der Waals surface area contributed by atoms with Crippen molar-refractivity contribution in [3.63, 3.8) is 0 Å². The van der Waals surface area contributed by atoms with Crippen molar-refractivity contribution in [2.75, 3.05) is 0 Å². The summed E-state index contributed by atoms with van der Waals surface area (Å²) in [6, 6.07) is 0. The van der Waals surface area contributed by atoms with Crippen LogP contribution in [-0.4, -0.2) is 21.9 Å². The van der Waals surface area contributed by atoms with E-state index in [1.54, 1.807) is 0 Å². The van der Waals surface area contributed by atoms with E-state index in [1.807, 2.05) is 0 Å². The third kappa shape index (κ3) is 217. The first-order chi connectivity index (χ1) is 1.00. The van der Waals surface area contributed by atoms with Crippen LogP contribution in [0.25, 0.3) is 0 Å². The Kier molecular flexibility index (Phi) is 5680. The average molecular weight is 250 g/mol. The van der Waals surface area contributed by atoms with E-state index in [9.17, 15) is 0 Å². The number of rotatable bonds is 0. The number of halogens is 2. The molecule has 0 aromatic heterocycles. The van der Waals surface area contributed by atoms with Crippen molar-refractivity contribution in [1.82, 2.24) is 0 Å². The van der Waals surface area contributed by atoms with Crippen molar-refractivity contribution >= 4 is 0 Å². The molecular weight excluding hydrogens is 242 g/mol. The van der Waals surface area contributed by atoms with Gasteiger partial charge in [0.2, 0.25) is 0 Å². The summed E-state index contributed by atoms with van der Waals surface area (Å²) in [4.78, 5) is 0. The van der Waals surface area contributed by atoms with E-state index in [1.165, 1.54) is 0 Å². The molecule has 0 aliphatic heterocycles. The van der Waals surface area contributed by atoms with E-state index >= 15 is 0 Å². The number of hydrogen-bond donors (Lipinski definition) is 0. The maximum atomic E-state index is 8.34. The first-order valence-corrected chi connectivity index (χ1v) is 1.21. The van der Waals surface area contributed by atoms with Crippen molar-refractivity contribution in [3.8, 4) is 0 Å². The van der Waals surface area contributed by atoms with Gasteiger partial charge in [0.1, 0.15) is 0 Å². The van der Waals surface area contributed by atoms with Crippen LogP contribution in [0.15, 0.2) is 0 Å². The summed E-state index contributed by atoms with van der Waals surface area (Å²) in [5.41, 5.74) is 0. The molecule has 8 heteroatoms. The second kappa shape index (κ2) is 336. The molecule has 0 saturated heterocycles. The van der Waals surface area contributed by atoms with Crippen LogP contribution >= 0.6 is 0 Å². The Bertz CT molecular complexity index is 10.4. The molecule has 0 aliphatic rings. The molecule has 0 amide bonds. The zero-order chi connectivity index (χ0) is 2.00. The Labute approximate surface area is 74.2 Å². The van der Waals surface area contributed by atoms with Crippen LogP contribution in [0.1, 0.15) is 0 Å². The molecule has 5 nitrogen and oxygen atoms in total. The van der Waals surface area contributed by atoms with Crippen LogP contribution in [0.5, 0.6) is 0 Å². The zero-order valence-corrected chi connectivity index (χ0v) is 7.63. The topological polar surface area (TPSA) is 143 Å². The molecule has 0 radical (unpaired) electrons. The fourth-order valence-electron chi connectivity index (χ4n) is 0. The Morgan fingerprint density at radius 2 is 0.625 bits per heavy atom. The molecule has 56 valence electrons. The van der Waals surface area contributed by atoms with Crippen molar-refractivity contribution < 1.29 is 74.3 Å². The van der Waals surface area contributed by atoms with Crippen LogP contribution in [-0.2, 0) is 27.5 Å². The van der Waals surface area contributed by atoms with Crippen LogP contribution < -0.4 is 24.8 Å². The Morgan fingerprint density at radius 3 is 0.625 bits per heavy atom. The molecule has 0 fully saturated rings. The van der Waals surface area contributed by atoms with E-state index in [2.05, 4.69) is 0 Å². The van der Waals surface area contributed by atoms with Gasteiger partial charge in [-0.05, 0) is 0 Å². The normalized spacial score (nSPS) is 0.750. The predicted molar refractivity (Wildman–Crippen MR) is 15.1 cm³/mol. The second-order valence-electron chi connectivity index (χ2n) is 0. The fourth-order valence-corrected chi connectivity index (χ4v) is 0. The summed E-state index contributed by atoms with van der Waals surface area (Å²) in [5, 5.41) is 0. The predicted octanol–water partition coefficient (Wildman–Crippen LogP) is -9.41. The van der Waals surface area contributed by atoms with E-state index in [0.717, 1.165) is 0 Å². The van der Waals surface area contributed by atoms with Crippen molar-refractivity contribution in [2.24, 2.45) is 0 Å². The standard InChI is InChI=1S/2ClH.4H2O.O.Zr/h2*1H;4*1H2;;/q;;;;;;;+2/p-2. The zero-order valence-electron chi connectivity index (χ0n) is 3.66. The van der Waals surface area contributed by atoms with Crippen molar-refractivity contribution in [2.45, 2.75) is 0 Å². The van der Waals surface area contributed by atoms with Gasteiger partial charge in [-0.1, -0.05) is 0 Å². The monoisotopic (exact) mass is 248 g/mol. The molecule has 0 heterocycles. The van der Waals surface area contributed by atoms with Gasteiger partial charge in [-0.3, -0.25) is 0 Å². The summed E-state index contributed by atoms with van der Waals surface area (Å²) in [7, 11) is 0. The van der Waals surface area contributed by atoms with Gasteiger partial charge in [0, 0.05) is 0 Å². The Balaban J connectivity index is -0.000000000333. The Morgan fingerprint density at radius 1 is 0.625 bits per heavy atom. The first-order valence-electron chi connectivity index (χ1n) is 0.204. The fraction of sp³-hybridized carbons (Fsp3) is 0. The third-order valence-electron chi connectivity index (χ3n) is 0. The van der Waals surface area contributed by atoms with Gasteiger partial charge in [0.05, 0.1) is 0 Å². The molecule has 8 N–H and O–H groups in total. The summed E-state index contributed by atoms with van der Waals surface area (Å²) < 4.78 is 8.34. The van der Waals surface area contributed by atoms with Gasteiger partial charge in [-0.15, -0.1) is 0 Å². The molecule has 0 rings (SSSR count). The molecule has 0 aromatic carbocycles. The molecule has 8 heavy (non-hydrogen) atoms. The summed E-state index contributed by atoms with van der Waals surface area (Å²) >= 11 is 0.300.